The first-order chi connectivity index (χ1) is 13.8. The summed E-state index contributed by atoms with van der Waals surface area (Å²) in [5, 5.41) is 0.674. The number of rotatable bonds is 5. The van der Waals surface area contributed by atoms with Gasteiger partial charge < -0.3 is 9.47 Å². The zero-order chi connectivity index (χ0) is 20.6. The molecule has 0 bridgehead atoms. The summed E-state index contributed by atoms with van der Waals surface area (Å²) in [6.45, 7) is 3.44. The second-order valence-corrected chi connectivity index (χ2v) is 10.8. The summed E-state index contributed by atoms with van der Waals surface area (Å²) in [5.74, 6) is 0.0379. The van der Waals surface area contributed by atoms with E-state index in [-0.39, 0.29) is 16.8 Å². The van der Waals surface area contributed by atoms with Crippen molar-refractivity contribution in [2.24, 2.45) is 7.05 Å². The van der Waals surface area contributed by atoms with Gasteiger partial charge in [0.1, 0.15) is 14.8 Å². The van der Waals surface area contributed by atoms with E-state index in [1.807, 2.05) is 18.9 Å². The molecule has 1 aliphatic heterocycles. The van der Waals surface area contributed by atoms with Crippen LogP contribution in [0.25, 0.3) is 10.7 Å². The lowest BCUT2D eigenvalue weighted by atomic mass is 10.1. The van der Waals surface area contributed by atoms with E-state index in [1.54, 1.807) is 16.8 Å². The fraction of sp³-hybridized carbons (Fsp3) is 0.600. The molecular weight excluding hydrogens is 408 g/mol. The van der Waals surface area contributed by atoms with Crippen LogP contribution in [0.5, 0.6) is 0 Å². The summed E-state index contributed by atoms with van der Waals surface area (Å²) in [7, 11) is -1.75. The molecule has 0 atom stereocenters. The lowest BCUT2D eigenvalue weighted by molar-refractivity contribution is 0.0728. The number of hydrogen-bond donors (Lipinski definition) is 1. The fourth-order valence-corrected chi connectivity index (χ4v) is 6.64. The van der Waals surface area contributed by atoms with Crippen LogP contribution in [-0.2, 0) is 17.1 Å². The molecular formula is C20H28N4O3S2. The molecule has 1 saturated heterocycles. The van der Waals surface area contributed by atoms with Crippen LogP contribution < -0.4 is 4.72 Å². The molecule has 0 spiro atoms. The van der Waals surface area contributed by atoms with Gasteiger partial charge in [-0.1, -0.05) is 12.8 Å². The monoisotopic (exact) mass is 436 g/mol. The maximum atomic E-state index is 12.9. The quantitative estimate of drug-likeness (QED) is 0.779. The number of amides is 1. The number of carbonyl (C=O) groups excluding carboxylic acids is 1. The van der Waals surface area contributed by atoms with Crippen LogP contribution in [0.2, 0.25) is 0 Å². The Balaban J connectivity index is 1.58. The van der Waals surface area contributed by atoms with E-state index in [9.17, 15) is 13.2 Å². The van der Waals surface area contributed by atoms with Gasteiger partial charge in [0, 0.05) is 32.4 Å². The van der Waals surface area contributed by atoms with Crippen molar-refractivity contribution >= 4 is 27.3 Å². The van der Waals surface area contributed by atoms with Gasteiger partial charge in [0.05, 0.1) is 11.4 Å². The van der Waals surface area contributed by atoms with Gasteiger partial charge in [-0.2, -0.15) is 0 Å². The average Bonchev–Trinajstić information content (AvgIpc) is 3.42. The first-order valence-electron chi connectivity index (χ1n) is 10.3. The fourth-order valence-electron chi connectivity index (χ4n) is 4.17. The molecule has 2 fully saturated rings. The molecule has 0 aromatic carbocycles. The van der Waals surface area contributed by atoms with Crippen molar-refractivity contribution in [3.8, 4) is 10.7 Å². The molecule has 2 aromatic rings. The molecule has 1 N–H and O–H groups in total. The second-order valence-electron chi connectivity index (χ2n) is 8.06. The molecule has 7 nitrogen and oxygen atoms in total. The number of nitrogens with one attached hydrogen (secondary N) is 1. The Morgan fingerprint density at radius 1 is 1.17 bits per heavy atom. The maximum absolute atomic E-state index is 12.9. The summed E-state index contributed by atoms with van der Waals surface area (Å²) in [4.78, 5) is 20.3. The minimum atomic E-state index is -3.56. The smallest absolute Gasteiger partial charge is 0.265 e. The molecule has 158 valence electrons. The lowest BCUT2D eigenvalue weighted by Crippen LogP contribution is -2.35. The van der Waals surface area contributed by atoms with Crippen LogP contribution in [0.3, 0.4) is 0 Å². The molecule has 0 unspecified atom stereocenters. The number of carbonyl (C=O) groups is 1. The maximum Gasteiger partial charge on any atom is 0.265 e. The third-order valence-electron chi connectivity index (χ3n) is 5.82. The van der Waals surface area contributed by atoms with Gasteiger partial charge in [-0.3, -0.25) is 4.79 Å². The number of nitrogens with zero attached hydrogens (tertiary/aromatic N) is 3. The summed E-state index contributed by atoms with van der Waals surface area (Å²) < 4.78 is 30.1. The number of aryl methyl sites for hydroxylation is 2. The van der Waals surface area contributed by atoms with E-state index < -0.39 is 10.0 Å². The Morgan fingerprint density at radius 2 is 1.86 bits per heavy atom. The predicted octanol–water partition coefficient (Wildman–Crippen LogP) is 3.30. The molecule has 2 aliphatic rings. The van der Waals surface area contributed by atoms with Crippen molar-refractivity contribution in [1.82, 2.24) is 19.2 Å². The van der Waals surface area contributed by atoms with Crippen LogP contribution in [-0.4, -0.2) is 47.9 Å². The van der Waals surface area contributed by atoms with Crippen molar-refractivity contribution in [2.45, 2.75) is 62.8 Å². The molecule has 29 heavy (non-hydrogen) atoms. The van der Waals surface area contributed by atoms with Crippen LogP contribution in [0.15, 0.2) is 17.2 Å². The molecule has 2 aromatic heterocycles. The molecule has 4 rings (SSSR count). The highest BCUT2D eigenvalue weighted by Crippen LogP contribution is 2.32. The Morgan fingerprint density at radius 3 is 2.55 bits per heavy atom. The largest absolute Gasteiger partial charge is 0.347 e. The molecule has 1 amide bonds. The van der Waals surface area contributed by atoms with Crippen molar-refractivity contribution in [1.29, 1.82) is 0 Å². The minimum Gasteiger partial charge on any atom is -0.347 e. The molecule has 1 aliphatic carbocycles. The van der Waals surface area contributed by atoms with Crippen molar-refractivity contribution in [3.63, 3.8) is 0 Å². The van der Waals surface area contributed by atoms with E-state index in [4.69, 9.17) is 0 Å². The third kappa shape index (κ3) is 4.27. The Hall–Kier alpha value is -1.71. The zero-order valence-corrected chi connectivity index (χ0v) is 18.6. The molecule has 1 saturated carbocycles. The second kappa shape index (κ2) is 8.20. The van der Waals surface area contributed by atoms with Gasteiger partial charge in [0.25, 0.3) is 5.91 Å². The first kappa shape index (κ1) is 20.6. The topological polar surface area (TPSA) is 84.3 Å². The van der Waals surface area contributed by atoms with Crippen LogP contribution in [0, 0.1) is 6.92 Å². The van der Waals surface area contributed by atoms with Gasteiger partial charge in [0.15, 0.2) is 0 Å². The van der Waals surface area contributed by atoms with E-state index in [0.29, 0.717) is 21.3 Å². The summed E-state index contributed by atoms with van der Waals surface area (Å²) in [5.41, 5.74) is 1.41. The van der Waals surface area contributed by atoms with E-state index in [2.05, 4.69) is 9.71 Å². The van der Waals surface area contributed by atoms with Gasteiger partial charge in [-0.25, -0.2) is 18.1 Å². The van der Waals surface area contributed by atoms with Crippen LogP contribution in [0.4, 0.5) is 0 Å². The predicted molar refractivity (Wildman–Crippen MR) is 114 cm³/mol. The van der Waals surface area contributed by atoms with E-state index in [0.717, 1.165) is 51.6 Å². The van der Waals surface area contributed by atoms with E-state index >= 15 is 0 Å². The normalized spacial score (nSPS) is 18.5. The number of sulfonamides is 1. The third-order valence-corrected chi connectivity index (χ3v) is 8.48. The summed E-state index contributed by atoms with van der Waals surface area (Å²) >= 11 is 1.35. The van der Waals surface area contributed by atoms with E-state index in [1.165, 1.54) is 17.8 Å². The van der Waals surface area contributed by atoms with Gasteiger partial charge in [0.2, 0.25) is 10.0 Å². The number of likely N-dealkylation sites (tertiary alicyclic amines) is 1. The molecule has 3 heterocycles. The number of thiazole rings is 1. The minimum absolute atomic E-state index is 0.0273. The Bertz CT molecular complexity index is 997. The molecule has 9 heteroatoms. The highest BCUT2D eigenvalue weighted by Gasteiger charge is 2.27. The van der Waals surface area contributed by atoms with Crippen LogP contribution in [0.1, 0.15) is 60.3 Å². The molecule has 0 radical (unpaired) electrons. The standard InChI is InChI=1S/C20H28N4O3S2/c1-14-18(20(25)24-10-6-3-7-11-24)28-19(21-14)17-12-16(13-23(17)2)29(26,27)22-15-8-4-5-9-15/h12-13,15,22H,3-11H2,1-2H3. The summed E-state index contributed by atoms with van der Waals surface area (Å²) in [6, 6.07) is 1.68. The zero-order valence-electron chi connectivity index (χ0n) is 17.0. The van der Waals surface area contributed by atoms with Crippen molar-refractivity contribution in [2.75, 3.05) is 13.1 Å². The highest BCUT2D eigenvalue weighted by molar-refractivity contribution is 7.89. The Kier molecular flexibility index (Phi) is 5.81. The lowest BCUT2D eigenvalue weighted by Gasteiger charge is -2.26. The first-order valence-corrected chi connectivity index (χ1v) is 12.6. The summed E-state index contributed by atoms with van der Waals surface area (Å²) in [6.07, 6.45) is 8.81. The van der Waals surface area contributed by atoms with Crippen molar-refractivity contribution < 1.29 is 13.2 Å². The Labute approximate surface area is 176 Å². The van der Waals surface area contributed by atoms with Gasteiger partial charge >= 0.3 is 0 Å². The number of hydrogen-bond acceptors (Lipinski definition) is 5. The number of aromatic nitrogens is 2. The van der Waals surface area contributed by atoms with Crippen molar-refractivity contribution in [3.05, 3.63) is 22.8 Å². The average molecular weight is 437 g/mol. The number of piperidine rings is 1. The van der Waals surface area contributed by atoms with Crippen LogP contribution >= 0.6 is 11.3 Å². The SMILES string of the molecule is Cc1nc(-c2cc(S(=O)(=O)NC3CCCC3)cn2C)sc1C(=O)N1CCCCC1. The van der Waals surface area contributed by atoms with Gasteiger partial charge in [-0.05, 0) is 45.1 Å². The highest BCUT2D eigenvalue weighted by atomic mass is 32.2. The van der Waals surface area contributed by atoms with Gasteiger partial charge in [-0.15, -0.1) is 11.3 Å².